The van der Waals surface area contributed by atoms with Crippen LogP contribution in [0, 0.1) is 5.82 Å². The number of benzene rings is 2. The molecule has 0 spiro atoms. The molecule has 0 saturated carbocycles. The van der Waals surface area contributed by atoms with E-state index in [1.165, 1.54) is 23.9 Å². The lowest BCUT2D eigenvalue weighted by Gasteiger charge is -2.44. The average Bonchev–Trinajstić information content (AvgIpc) is 2.52. The van der Waals surface area contributed by atoms with Gasteiger partial charge in [0.15, 0.2) is 0 Å². The van der Waals surface area contributed by atoms with Gasteiger partial charge in [0.25, 0.3) is 0 Å². The average molecular weight is 330 g/mol. The van der Waals surface area contributed by atoms with E-state index in [2.05, 4.69) is 0 Å². The summed E-state index contributed by atoms with van der Waals surface area (Å²) in [7, 11) is 0. The number of carbonyl (C=O) groups is 1. The van der Waals surface area contributed by atoms with E-state index in [1.54, 1.807) is 18.2 Å². The van der Waals surface area contributed by atoms with Crippen LogP contribution < -0.4 is 5.73 Å². The van der Waals surface area contributed by atoms with Gasteiger partial charge in [-0.1, -0.05) is 42.1 Å². The summed E-state index contributed by atoms with van der Waals surface area (Å²) in [5, 5.41) is 10.7. The number of nitrogens with zero attached hydrogens (tertiary/aromatic N) is 1. The van der Waals surface area contributed by atoms with Gasteiger partial charge in [-0.15, -0.1) is 0 Å². The Kier molecular flexibility index (Phi) is 4.11. The number of urea groups is 1. The largest absolute Gasteiger partial charge is 0.350 e. The van der Waals surface area contributed by atoms with Gasteiger partial charge in [-0.2, -0.15) is 5.06 Å². The maximum absolute atomic E-state index is 12.9. The zero-order valence-electron chi connectivity index (χ0n) is 12.1. The van der Waals surface area contributed by atoms with Crippen molar-refractivity contribution in [2.75, 3.05) is 0 Å². The Hall–Kier alpha value is -2.31. The van der Waals surface area contributed by atoms with E-state index < -0.39 is 11.6 Å². The molecule has 0 aliphatic heterocycles. The van der Waals surface area contributed by atoms with Gasteiger partial charge in [0.05, 0.1) is 0 Å². The first-order valence-electron chi connectivity index (χ1n) is 7.00. The van der Waals surface area contributed by atoms with E-state index in [-0.39, 0.29) is 5.82 Å². The molecule has 0 radical (unpaired) electrons. The van der Waals surface area contributed by atoms with Crippen LogP contribution in [0.1, 0.15) is 12.0 Å². The van der Waals surface area contributed by atoms with Crippen molar-refractivity contribution in [2.24, 2.45) is 5.73 Å². The number of amides is 2. The van der Waals surface area contributed by atoms with Gasteiger partial charge in [0.1, 0.15) is 11.4 Å². The van der Waals surface area contributed by atoms with E-state index in [0.29, 0.717) is 11.5 Å². The second-order valence-corrected chi connectivity index (χ2v) is 6.48. The van der Waals surface area contributed by atoms with Crippen molar-refractivity contribution < 1.29 is 14.4 Å². The van der Waals surface area contributed by atoms with Gasteiger partial charge < -0.3 is 5.73 Å². The summed E-state index contributed by atoms with van der Waals surface area (Å²) in [6, 6.07) is 14.5. The Bertz CT molecular complexity index is 749. The van der Waals surface area contributed by atoms with Crippen LogP contribution in [-0.4, -0.2) is 16.3 Å². The third kappa shape index (κ3) is 2.95. The Balaban J connectivity index is 1.88. The molecule has 2 aromatic carbocycles. The summed E-state index contributed by atoms with van der Waals surface area (Å²) in [4.78, 5) is 13.3. The van der Waals surface area contributed by atoms with Crippen LogP contribution in [0.5, 0.6) is 0 Å². The Morgan fingerprint density at radius 1 is 1.17 bits per heavy atom. The second kappa shape index (κ2) is 6.06. The maximum atomic E-state index is 12.9. The molecule has 23 heavy (non-hydrogen) atoms. The topological polar surface area (TPSA) is 66.6 Å². The molecule has 1 aliphatic carbocycles. The van der Waals surface area contributed by atoms with Crippen molar-refractivity contribution in [3.63, 3.8) is 0 Å². The lowest BCUT2D eigenvalue weighted by Crippen LogP contribution is -2.52. The van der Waals surface area contributed by atoms with Crippen LogP contribution in [0.15, 0.2) is 70.5 Å². The molecule has 0 aromatic heterocycles. The lowest BCUT2D eigenvalue weighted by atomic mass is 9.78. The zero-order valence-corrected chi connectivity index (χ0v) is 13.0. The number of hydrogen-bond acceptors (Lipinski definition) is 3. The van der Waals surface area contributed by atoms with Gasteiger partial charge >= 0.3 is 6.03 Å². The van der Waals surface area contributed by atoms with Crippen LogP contribution >= 0.6 is 11.8 Å². The number of carbonyl (C=O) groups excluding carboxylic acids is 1. The molecule has 2 amide bonds. The standard InChI is InChI=1S/C17H15FN2O2S/c18-13-6-8-14(9-7-13)23-15-10-17(11-15,20(22)16(19)21)12-4-2-1-3-5-12/h1-10,22H,11H2,(H2,19,21). The molecule has 1 atom stereocenters. The van der Waals surface area contributed by atoms with E-state index >= 15 is 0 Å². The smallest absolute Gasteiger partial charge is 0.339 e. The molecule has 118 valence electrons. The van der Waals surface area contributed by atoms with E-state index in [9.17, 15) is 14.4 Å². The lowest BCUT2D eigenvalue weighted by molar-refractivity contribution is -0.115. The Labute approximate surface area is 137 Å². The van der Waals surface area contributed by atoms with E-state index in [1.807, 2.05) is 30.3 Å². The number of hydroxylamine groups is 2. The molecule has 4 nitrogen and oxygen atoms in total. The van der Waals surface area contributed by atoms with Gasteiger partial charge in [-0.25, -0.2) is 9.18 Å². The van der Waals surface area contributed by atoms with Gasteiger partial charge in [-0.3, -0.25) is 5.21 Å². The predicted molar refractivity (Wildman–Crippen MR) is 86.3 cm³/mol. The van der Waals surface area contributed by atoms with E-state index in [0.717, 1.165) is 15.4 Å². The summed E-state index contributed by atoms with van der Waals surface area (Å²) < 4.78 is 12.9. The number of hydrogen-bond donors (Lipinski definition) is 2. The number of thioether (sulfide) groups is 1. The fourth-order valence-electron chi connectivity index (χ4n) is 2.59. The minimum atomic E-state index is -0.949. The highest BCUT2D eigenvalue weighted by atomic mass is 32.2. The van der Waals surface area contributed by atoms with Crippen LogP contribution in [0.4, 0.5) is 9.18 Å². The van der Waals surface area contributed by atoms with Crippen LogP contribution in [0.2, 0.25) is 0 Å². The molecule has 1 aliphatic rings. The molecule has 0 fully saturated rings. The molecule has 3 rings (SSSR count). The number of rotatable bonds is 4. The van der Waals surface area contributed by atoms with Crippen LogP contribution in [0.25, 0.3) is 0 Å². The van der Waals surface area contributed by atoms with Gasteiger partial charge in [-0.05, 0) is 40.8 Å². The van der Waals surface area contributed by atoms with E-state index in [4.69, 9.17) is 5.73 Å². The molecule has 0 heterocycles. The van der Waals surface area contributed by atoms with Gasteiger partial charge in [0.2, 0.25) is 0 Å². The van der Waals surface area contributed by atoms with Crippen molar-refractivity contribution in [3.8, 4) is 0 Å². The fourth-order valence-corrected chi connectivity index (χ4v) is 3.71. The third-order valence-electron chi connectivity index (χ3n) is 3.77. The summed E-state index contributed by atoms with van der Waals surface area (Å²) in [5.74, 6) is -0.286. The predicted octanol–water partition coefficient (Wildman–Crippen LogP) is 3.87. The highest BCUT2D eigenvalue weighted by Crippen LogP contribution is 2.49. The zero-order chi connectivity index (χ0) is 16.4. The maximum Gasteiger partial charge on any atom is 0.339 e. The van der Waals surface area contributed by atoms with Crippen LogP contribution in [-0.2, 0) is 5.54 Å². The van der Waals surface area contributed by atoms with Crippen molar-refractivity contribution in [3.05, 3.63) is 77.0 Å². The monoisotopic (exact) mass is 330 g/mol. The molecule has 0 bridgehead atoms. The molecular formula is C17H15FN2O2S. The fraction of sp³-hybridized carbons (Fsp3) is 0.118. The first kappa shape index (κ1) is 15.6. The number of halogens is 1. The number of nitrogens with two attached hydrogens (primary N) is 1. The normalized spacial score (nSPS) is 19.7. The summed E-state index contributed by atoms with van der Waals surface area (Å²) in [5.41, 5.74) is 5.08. The van der Waals surface area contributed by atoms with Crippen molar-refractivity contribution in [1.82, 2.24) is 5.06 Å². The minimum Gasteiger partial charge on any atom is -0.350 e. The first-order valence-corrected chi connectivity index (χ1v) is 7.82. The first-order chi connectivity index (χ1) is 11.0. The van der Waals surface area contributed by atoms with Crippen molar-refractivity contribution in [1.29, 1.82) is 0 Å². The Morgan fingerprint density at radius 3 is 2.35 bits per heavy atom. The SMILES string of the molecule is NC(=O)N(O)C1(c2ccccc2)C=C(Sc2ccc(F)cc2)C1. The second-order valence-electron chi connectivity index (χ2n) is 5.28. The molecule has 3 N–H and O–H groups in total. The van der Waals surface area contributed by atoms with Gasteiger partial charge in [0, 0.05) is 11.3 Å². The molecular weight excluding hydrogens is 315 g/mol. The highest BCUT2D eigenvalue weighted by molar-refractivity contribution is 8.03. The summed E-state index contributed by atoms with van der Waals surface area (Å²) in [6.07, 6.45) is 2.25. The van der Waals surface area contributed by atoms with Crippen LogP contribution in [0.3, 0.4) is 0 Å². The van der Waals surface area contributed by atoms with Crippen molar-refractivity contribution >= 4 is 17.8 Å². The highest BCUT2D eigenvalue weighted by Gasteiger charge is 2.46. The Morgan fingerprint density at radius 2 is 1.78 bits per heavy atom. The molecule has 0 saturated heterocycles. The molecule has 2 aromatic rings. The van der Waals surface area contributed by atoms with Crippen molar-refractivity contribution in [2.45, 2.75) is 16.9 Å². The number of primary amides is 1. The molecule has 1 unspecified atom stereocenters. The summed E-state index contributed by atoms with van der Waals surface area (Å²) in [6.45, 7) is 0. The quantitative estimate of drug-likeness (QED) is 0.660. The minimum absolute atomic E-state index is 0.286. The summed E-state index contributed by atoms with van der Waals surface area (Å²) >= 11 is 1.47. The third-order valence-corrected chi connectivity index (χ3v) is 4.80. The molecule has 6 heteroatoms.